The minimum atomic E-state index is -0.395. The van der Waals surface area contributed by atoms with E-state index in [1.165, 1.54) is 0 Å². The van der Waals surface area contributed by atoms with Gasteiger partial charge in [0.25, 0.3) is 0 Å². The number of hydrogen-bond donors (Lipinski definition) is 1. The molecule has 3 heteroatoms. The second-order valence-corrected chi connectivity index (χ2v) is 6.12. The molecule has 0 fully saturated rings. The van der Waals surface area contributed by atoms with Crippen LogP contribution < -0.4 is 0 Å². The van der Waals surface area contributed by atoms with Crippen molar-refractivity contribution in [2.24, 2.45) is 13.0 Å². The number of aromatic nitrogens is 2. The van der Waals surface area contributed by atoms with Crippen molar-refractivity contribution in [2.45, 2.75) is 59.0 Å². The molecule has 3 nitrogen and oxygen atoms in total. The van der Waals surface area contributed by atoms with Gasteiger partial charge >= 0.3 is 0 Å². The highest BCUT2D eigenvalue weighted by atomic mass is 16.3. The van der Waals surface area contributed by atoms with E-state index in [4.69, 9.17) is 0 Å². The number of nitrogens with zero attached hydrogens (tertiary/aromatic N) is 2. The lowest BCUT2D eigenvalue weighted by atomic mass is 9.86. The Morgan fingerprint density at radius 1 is 1.41 bits per heavy atom. The second kappa shape index (κ2) is 5.21. The molecule has 1 aromatic heterocycles. The first kappa shape index (κ1) is 14.2. The summed E-state index contributed by atoms with van der Waals surface area (Å²) in [6, 6.07) is 0. The van der Waals surface area contributed by atoms with E-state index in [1.807, 2.05) is 13.2 Å². The van der Waals surface area contributed by atoms with Crippen LogP contribution in [-0.2, 0) is 12.5 Å². The number of rotatable bonds is 4. The minimum absolute atomic E-state index is 0.0208. The van der Waals surface area contributed by atoms with Crippen molar-refractivity contribution in [1.82, 2.24) is 9.78 Å². The Kier molecular flexibility index (Phi) is 4.36. The van der Waals surface area contributed by atoms with Crippen LogP contribution in [0.3, 0.4) is 0 Å². The van der Waals surface area contributed by atoms with Crippen molar-refractivity contribution in [3.63, 3.8) is 0 Å². The lowest BCUT2D eigenvalue weighted by Crippen LogP contribution is -2.17. The molecule has 0 saturated heterocycles. The molecule has 0 aliphatic heterocycles. The van der Waals surface area contributed by atoms with Crippen LogP contribution in [0.4, 0.5) is 0 Å². The summed E-state index contributed by atoms with van der Waals surface area (Å²) in [5.41, 5.74) is 1.98. The van der Waals surface area contributed by atoms with E-state index in [2.05, 4.69) is 39.7 Å². The summed E-state index contributed by atoms with van der Waals surface area (Å²) in [5, 5.41) is 14.8. The van der Waals surface area contributed by atoms with Gasteiger partial charge in [0, 0.05) is 24.2 Å². The second-order valence-electron chi connectivity index (χ2n) is 6.12. The Labute approximate surface area is 105 Å². The quantitative estimate of drug-likeness (QED) is 0.875. The molecule has 0 radical (unpaired) electrons. The zero-order valence-corrected chi connectivity index (χ0v) is 12.0. The molecule has 1 rings (SSSR count). The predicted octanol–water partition coefficient (Wildman–Crippen LogP) is 3.19. The molecule has 0 amide bonds. The Bertz CT molecular complexity index is 363. The van der Waals surface area contributed by atoms with E-state index in [1.54, 1.807) is 4.68 Å². The summed E-state index contributed by atoms with van der Waals surface area (Å²) in [7, 11) is 1.91. The van der Waals surface area contributed by atoms with Crippen molar-refractivity contribution in [3.05, 3.63) is 17.5 Å². The van der Waals surface area contributed by atoms with Crippen LogP contribution in [0.5, 0.6) is 0 Å². The lowest BCUT2D eigenvalue weighted by Gasteiger charge is -2.21. The van der Waals surface area contributed by atoms with Crippen LogP contribution in [0, 0.1) is 5.92 Å². The highest BCUT2D eigenvalue weighted by Gasteiger charge is 2.26. The first-order chi connectivity index (χ1) is 7.75. The van der Waals surface area contributed by atoms with E-state index in [0.717, 1.165) is 24.1 Å². The van der Waals surface area contributed by atoms with E-state index >= 15 is 0 Å². The molecule has 1 aromatic rings. The zero-order valence-electron chi connectivity index (χ0n) is 12.0. The smallest absolute Gasteiger partial charge is 0.0826 e. The molecule has 0 aromatic carbocycles. The first-order valence-electron chi connectivity index (χ1n) is 6.47. The summed E-state index contributed by atoms with van der Waals surface area (Å²) in [6.07, 6.45) is 3.47. The van der Waals surface area contributed by atoms with Gasteiger partial charge < -0.3 is 5.11 Å². The van der Waals surface area contributed by atoms with Gasteiger partial charge in [0.15, 0.2) is 0 Å². The Hall–Kier alpha value is -0.830. The van der Waals surface area contributed by atoms with Crippen molar-refractivity contribution < 1.29 is 5.11 Å². The van der Waals surface area contributed by atoms with E-state index < -0.39 is 6.10 Å². The first-order valence-corrected chi connectivity index (χ1v) is 6.47. The maximum atomic E-state index is 10.3. The average molecular weight is 238 g/mol. The molecule has 1 heterocycles. The topological polar surface area (TPSA) is 38.0 Å². The number of aryl methyl sites for hydroxylation is 1. The third-order valence-corrected chi connectivity index (χ3v) is 3.25. The van der Waals surface area contributed by atoms with Crippen molar-refractivity contribution in [3.8, 4) is 0 Å². The van der Waals surface area contributed by atoms with E-state index in [0.29, 0.717) is 5.92 Å². The maximum absolute atomic E-state index is 10.3. The van der Waals surface area contributed by atoms with Gasteiger partial charge in [-0.1, -0.05) is 41.0 Å². The van der Waals surface area contributed by atoms with Gasteiger partial charge in [0.2, 0.25) is 0 Å². The highest BCUT2D eigenvalue weighted by Crippen LogP contribution is 2.31. The fourth-order valence-corrected chi connectivity index (χ4v) is 2.01. The fraction of sp³-hybridized carbons (Fsp3) is 0.786. The molecular formula is C14H26N2O. The normalized spacial score (nSPS) is 15.9. The van der Waals surface area contributed by atoms with Crippen LogP contribution in [0.15, 0.2) is 6.20 Å². The Balaban J connectivity index is 2.97. The van der Waals surface area contributed by atoms with Gasteiger partial charge in [-0.25, -0.2) is 0 Å². The van der Waals surface area contributed by atoms with Gasteiger partial charge in [-0.15, -0.1) is 0 Å². The molecule has 1 N–H and O–H groups in total. The molecule has 0 aliphatic carbocycles. The number of aliphatic hydroxyl groups is 1. The summed E-state index contributed by atoms with van der Waals surface area (Å²) in [4.78, 5) is 0. The fourth-order valence-electron chi connectivity index (χ4n) is 2.01. The van der Waals surface area contributed by atoms with E-state index in [9.17, 15) is 5.11 Å². The van der Waals surface area contributed by atoms with Gasteiger partial charge in [0.05, 0.1) is 11.8 Å². The lowest BCUT2D eigenvalue weighted by molar-refractivity contribution is 0.144. The third kappa shape index (κ3) is 3.56. The van der Waals surface area contributed by atoms with Crippen molar-refractivity contribution >= 4 is 0 Å². The summed E-state index contributed by atoms with van der Waals surface area (Å²) >= 11 is 0. The van der Waals surface area contributed by atoms with Crippen LogP contribution in [0.2, 0.25) is 0 Å². The Morgan fingerprint density at radius 2 is 2.00 bits per heavy atom. The number of hydrogen-bond acceptors (Lipinski definition) is 2. The highest BCUT2D eigenvalue weighted by molar-refractivity contribution is 5.26. The van der Waals surface area contributed by atoms with Crippen molar-refractivity contribution in [2.75, 3.05) is 0 Å². The molecule has 2 unspecified atom stereocenters. The van der Waals surface area contributed by atoms with Crippen LogP contribution >= 0.6 is 0 Å². The Morgan fingerprint density at radius 3 is 2.47 bits per heavy atom. The molecule has 2 atom stereocenters. The predicted molar refractivity (Wildman–Crippen MR) is 70.9 cm³/mol. The molecule has 0 aliphatic rings. The van der Waals surface area contributed by atoms with E-state index in [-0.39, 0.29) is 5.41 Å². The number of aliphatic hydroxyl groups excluding tert-OH is 1. The largest absolute Gasteiger partial charge is 0.388 e. The monoisotopic (exact) mass is 238 g/mol. The minimum Gasteiger partial charge on any atom is -0.388 e. The van der Waals surface area contributed by atoms with Gasteiger partial charge in [-0.3, -0.25) is 4.68 Å². The van der Waals surface area contributed by atoms with Gasteiger partial charge in [-0.05, 0) is 12.3 Å². The maximum Gasteiger partial charge on any atom is 0.0826 e. The summed E-state index contributed by atoms with van der Waals surface area (Å²) in [5.74, 6) is 0.540. The average Bonchev–Trinajstić information content (AvgIpc) is 2.59. The molecule has 0 saturated carbocycles. The molecule has 17 heavy (non-hydrogen) atoms. The van der Waals surface area contributed by atoms with Crippen LogP contribution in [0.1, 0.15) is 64.8 Å². The molecule has 98 valence electrons. The van der Waals surface area contributed by atoms with Gasteiger partial charge in [0.1, 0.15) is 0 Å². The van der Waals surface area contributed by atoms with Crippen LogP contribution in [-0.4, -0.2) is 14.9 Å². The standard InChI is InChI=1S/C14H26N2O/c1-7-10(2)8-12(17)11-9-16(6)15-13(11)14(3,4)5/h9-10,12,17H,7-8H2,1-6H3. The molecular weight excluding hydrogens is 212 g/mol. The zero-order chi connectivity index (χ0) is 13.2. The van der Waals surface area contributed by atoms with Crippen LogP contribution in [0.25, 0.3) is 0 Å². The summed E-state index contributed by atoms with van der Waals surface area (Å²) < 4.78 is 1.80. The third-order valence-electron chi connectivity index (χ3n) is 3.25. The van der Waals surface area contributed by atoms with Crippen molar-refractivity contribution in [1.29, 1.82) is 0 Å². The molecule has 0 bridgehead atoms. The SMILES string of the molecule is CCC(C)CC(O)c1cn(C)nc1C(C)(C)C. The molecule has 0 spiro atoms. The van der Waals surface area contributed by atoms with Gasteiger partial charge in [-0.2, -0.15) is 5.10 Å². The summed E-state index contributed by atoms with van der Waals surface area (Å²) in [6.45, 7) is 10.7.